The highest BCUT2D eigenvalue weighted by Gasteiger charge is 2.17. The average molecular weight is 429 g/mol. The lowest BCUT2D eigenvalue weighted by molar-refractivity contribution is 0.199. The van der Waals surface area contributed by atoms with E-state index in [1.807, 2.05) is 12.1 Å². The summed E-state index contributed by atoms with van der Waals surface area (Å²) in [5.41, 5.74) is 8.93. The molecular formula is C21H21FN4OS2. The Labute approximate surface area is 178 Å². The third-order valence-electron chi connectivity index (χ3n) is 4.01. The molecule has 0 aliphatic rings. The molecule has 3 aromatic heterocycles. The van der Waals surface area contributed by atoms with E-state index in [9.17, 15) is 4.39 Å². The number of ether oxygens (including phenoxy) is 1. The molecule has 8 heteroatoms. The molecule has 0 unspecified atom stereocenters. The predicted octanol–water partition coefficient (Wildman–Crippen LogP) is 5.47. The van der Waals surface area contributed by atoms with Crippen LogP contribution in [0.25, 0.3) is 32.9 Å². The zero-order valence-corrected chi connectivity index (χ0v) is 17.8. The van der Waals surface area contributed by atoms with E-state index in [2.05, 4.69) is 34.5 Å². The summed E-state index contributed by atoms with van der Waals surface area (Å²) < 4.78 is 18.6. The lowest BCUT2D eigenvalue weighted by atomic mass is 10.1. The molecule has 2 N–H and O–H groups in total. The number of fused-ring (bicyclic) bond motifs is 1. The number of nitrogen functional groups attached to an aromatic ring is 1. The van der Waals surface area contributed by atoms with E-state index in [4.69, 9.17) is 10.5 Å². The summed E-state index contributed by atoms with van der Waals surface area (Å²) in [7, 11) is 1.71. The Hall–Kier alpha value is -2.55. The normalized spacial score (nSPS) is 10.6. The molecule has 4 rings (SSSR count). The minimum atomic E-state index is -0.301. The van der Waals surface area contributed by atoms with E-state index in [0.29, 0.717) is 21.4 Å². The van der Waals surface area contributed by atoms with Crippen LogP contribution in [-0.4, -0.2) is 28.7 Å². The molecule has 4 aromatic rings. The van der Waals surface area contributed by atoms with Gasteiger partial charge in [-0.05, 0) is 42.8 Å². The number of nitrogens with zero attached hydrogens (tertiary/aromatic N) is 3. The summed E-state index contributed by atoms with van der Waals surface area (Å²) in [6.07, 6.45) is 4.52. The van der Waals surface area contributed by atoms with Gasteiger partial charge in [-0.1, -0.05) is 6.92 Å². The number of rotatable bonds is 4. The largest absolute Gasteiger partial charge is 0.397 e. The van der Waals surface area contributed by atoms with Crippen molar-refractivity contribution in [1.29, 1.82) is 0 Å². The topological polar surface area (TPSA) is 73.9 Å². The van der Waals surface area contributed by atoms with Crippen LogP contribution in [0.5, 0.6) is 0 Å². The van der Waals surface area contributed by atoms with Crippen LogP contribution in [0.15, 0.2) is 53.0 Å². The highest BCUT2D eigenvalue weighted by molar-refractivity contribution is 7.83. The Morgan fingerprint density at radius 2 is 1.90 bits per heavy atom. The van der Waals surface area contributed by atoms with Crippen LogP contribution in [-0.2, 0) is 4.74 Å². The second kappa shape index (κ2) is 9.78. The van der Waals surface area contributed by atoms with Crippen LogP contribution in [0.4, 0.5) is 10.1 Å². The molecule has 0 fully saturated rings. The Morgan fingerprint density at radius 1 is 1.14 bits per heavy atom. The van der Waals surface area contributed by atoms with E-state index in [-0.39, 0.29) is 5.82 Å². The molecule has 0 saturated carbocycles. The lowest BCUT2D eigenvalue weighted by Crippen LogP contribution is -1.95. The fourth-order valence-corrected chi connectivity index (χ4v) is 3.86. The van der Waals surface area contributed by atoms with Crippen molar-refractivity contribution < 1.29 is 9.13 Å². The van der Waals surface area contributed by atoms with E-state index >= 15 is 0 Å². The molecule has 5 nitrogen and oxygen atoms in total. The van der Waals surface area contributed by atoms with Crippen LogP contribution in [0, 0.1) is 5.82 Å². The second-order valence-electron chi connectivity index (χ2n) is 6.14. The number of nitrogens with two attached hydrogens (primary N) is 1. The van der Waals surface area contributed by atoms with Crippen LogP contribution >= 0.6 is 24.0 Å². The van der Waals surface area contributed by atoms with E-state index < -0.39 is 0 Å². The van der Waals surface area contributed by atoms with Crippen molar-refractivity contribution in [3.05, 3.63) is 54.6 Å². The van der Waals surface area contributed by atoms with Gasteiger partial charge in [0.25, 0.3) is 0 Å². The van der Waals surface area contributed by atoms with Crippen molar-refractivity contribution in [2.45, 2.75) is 17.6 Å². The quantitative estimate of drug-likeness (QED) is 0.422. The van der Waals surface area contributed by atoms with Gasteiger partial charge in [0, 0.05) is 37.2 Å². The monoisotopic (exact) mass is 428 g/mol. The van der Waals surface area contributed by atoms with Gasteiger partial charge in [-0.15, -0.1) is 24.0 Å². The van der Waals surface area contributed by atoms with Crippen molar-refractivity contribution in [3.8, 4) is 22.6 Å². The maximum atomic E-state index is 13.3. The van der Waals surface area contributed by atoms with Gasteiger partial charge in [-0.3, -0.25) is 4.98 Å². The van der Waals surface area contributed by atoms with Crippen LogP contribution in [0.2, 0.25) is 0 Å². The van der Waals surface area contributed by atoms with E-state index in [1.165, 1.54) is 23.5 Å². The maximum Gasteiger partial charge on any atom is 0.162 e. The third kappa shape index (κ3) is 4.90. The molecule has 0 atom stereocenters. The van der Waals surface area contributed by atoms with Crippen molar-refractivity contribution in [2.75, 3.05) is 19.5 Å². The Morgan fingerprint density at radius 3 is 2.48 bits per heavy atom. The van der Waals surface area contributed by atoms with Gasteiger partial charge in [0.1, 0.15) is 10.6 Å². The number of benzene rings is 1. The number of anilines is 1. The molecular weight excluding hydrogens is 407 g/mol. The molecule has 29 heavy (non-hydrogen) atoms. The van der Waals surface area contributed by atoms with Crippen molar-refractivity contribution in [1.82, 2.24) is 15.0 Å². The van der Waals surface area contributed by atoms with Gasteiger partial charge in [-0.2, -0.15) is 0 Å². The molecule has 150 valence electrons. The smallest absolute Gasteiger partial charge is 0.162 e. The summed E-state index contributed by atoms with van der Waals surface area (Å²) in [5.74, 6) is 0.245. The molecule has 0 amide bonds. The van der Waals surface area contributed by atoms with Crippen molar-refractivity contribution in [3.63, 3.8) is 0 Å². The van der Waals surface area contributed by atoms with Gasteiger partial charge in [0.2, 0.25) is 0 Å². The van der Waals surface area contributed by atoms with Gasteiger partial charge in [0.15, 0.2) is 5.82 Å². The van der Waals surface area contributed by atoms with Gasteiger partial charge in [0.05, 0.1) is 21.0 Å². The molecule has 1 aromatic carbocycles. The number of pyridine rings is 1. The Kier molecular flexibility index (Phi) is 7.13. The van der Waals surface area contributed by atoms with Crippen LogP contribution in [0.1, 0.15) is 13.3 Å². The summed E-state index contributed by atoms with van der Waals surface area (Å²) in [5, 5.41) is 0.740. The Balaban J connectivity index is 0.000000431. The number of halogens is 1. The zero-order valence-electron chi connectivity index (χ0n) is 16.1. The average Bonchev–Trinajstić information content (AvgIpc) is 3.03. The molecule has 0 bridgehead atoms. The summed E-state index contributed by atoms with van der Waals surface area (Å²) in [6, 6.07) is 9.88. The number of aromatic nitrogens is 3. The van der Waals surface area contributed by atoms with Gasteiger partial charge >= 0.3 is 0 Å². The first kappa shape index (κ1) is 21.2. The first-order valence-corrected chi connectivity index (χ1v) is 10.3. The number of thiophene rings is 1. The predicted molar refractivity (Wildman–Crippen MR) is 120 cm³/mol. The lowest BCUT2D eigenvalue weighted by Gasteiger charge is -2.07. The molecule has 0 saturated heterocycles. The fraction of sp³-hybridized carbons (Fsp3) is 0.190. The number of methoxy groups -OCH3 is 1. The molecule has 0 aliphatic carbocycles. The van der Waals surface area contributed by atoms with Crippen molar-refractivity contribution in [2.24, 2.45) is 0 Å². The number of thiol groups is 1. The Bertz CT molecular complexity index is 1080. The first-order valence-electron chi connectivity index (χ1n) is 8.99. The number of hydrogen-bond acceptors (Lipinski definition) is 7. The number of hydrogen-bond donors (Lipinski definition) is 2. The fourth-order valence-electron chi connectivity index (χ4n) is 2.66. The summed E-state index contributed by atoms with van der Waals surface area (Å²) in [4.78, 5) is 14.1. The SMILES string of the molecule is CCCOC.Nc1c(S)sc2nc(-c3cccnc3)nc(-c3ccc(F)cc3)c12. The van der Waals surface area contributed by atoms with Crippen molar-refractivity contribution >= 4 is 39.9 Å². The second-order valence-corrected chi connectivity index (χ2v) is 7.89. The summed E-state index contributed by atoms with van der Waals surface area (Å²) in [6.45, 7) is 2.98. The highest BCUT2D eigenvalue weighted by Crippen LogP contribution is 2.41. The molecule has 0 radical (unpaired) electrons. The van der Waals surface area contributed by atoms with Crippen LogP contribution in [0.3, 0.4) is 0 Å². The summed E-state index contributed by atoms with van der Waals surface area (Å²) >= 11 is 5.80. The zero-order chi connectivity index (χ0) is 20.8. The highest BCUT2D eigenvalue weighted by atomic mass is 32.2. The molecule has 0 aliphatic heterocycles. The standard InChI is InChI=1S/C17H11FN4S2.C4H10O/c18-11-5-3-9(4-6-11)14-12-13(19)17(23)24-16(12)22-15(21-14)10-2-1-7-20-8-10;1-3-4-5-2/h1-8,23H,19H2;3-4H2,1-2H3. The van der Waals surface area contributed by atoms with Gasteiger partial charge in [-0.25, -0.2) is 14.4 Å². The minimum Gasteiger partial charge on any atom is -0.397 e. The maximum absolute atomic E-state index is 13.3. The van der Waals surface area contributed by atoms with Crippen LogP contribution < -0.4 is 5.73 Å². The minimum absolute atomic E-state index is 0.301. The molecule has 0 spiro atoms. The van der Waals surface area contributed by atoms with Gasteiger partial charge < -0.3 is 10.5 Å². The first-order chi connectivity index (χ1) is 14.0. The molecule has 3 heterocycles. The third-order valence-corrected chi connectivity index (χ3v) is 5.43. The van der Waals surface area contributed by atoms with E-state index in [0.717, 1.165) is 34.4 Å². The van der Waals surface area contributed by atoms with E-state index in [1.54, 1.807) is 31.6 Å².